The molecular weight excluding hydrogens is 1110 g/mol. The van der Waals surface area contributed by atoms with Gasteiger partial charge in [0.25, 0.3) is 5.91 Å². The number of nitriles is 1. The van der Waals surface area contributed by atoms with Crippen molar-refractivity contribution in [1.29, 1.82) is 5.26 Å². The van der Waals surface area contributed by atoms with Crippen LogP contribution in [0.15, 0.2) is 72.2 Å². The summed E-state index contributed by atoms with van der Waals surface area (Å²) in [5.74, 6) is -2.62. The van der Waals surface area contributed by atoms with E-state index >= 15 is 0 Å². The average molecular weight is 1190 g/mol. The van der Waals surface area contributed by atoms with Crippen LogP contribution >= 0.6 is 23.6 Å². The topological polar surface area (TPSA) is 221 Å². The van der Waals surface area contributed by atoms with E-state index < -0.39 is 88.2 Å². The number of aliphatic hydroxyl groups excluding tert-OH is 1. The number of carbonyl (C=O) groups excluding carboxylic acids is 6. The van der Waals surface area contributed by atoms with Crippen molar-refractivity contribution in [2.24, 2.45) is 17.3 Å². The number of carbonyl (C=O) groups is 6. The molecule has 6 amide bonds. The minimum atomic E-state index is -4.84. The molecule has 448 valence electrons. The van der Waals surface area contributed by atoms with Crippen LogP contribution in [-0.2, 0) is 34.9 Å². The number of ether oxygens (including phenoxy) is 1. The summed E-state index contributed by atoms with van der Waals surface area (Å²) in [4.78, 5) is 96.1. The number of likely N-dealkylation sites (tertiary alicyclic amines) is 1. The lowest BCUT2D eigenvalue weighted by atomic mass is 9.85. The van der Waals surface area contributed by atoms with Crippen LogP contribution < -0.4 is 30.5 Å². The van der Waals surface area contributed by atoms with Crippen molar-refractivity contribution in [3.05, 3.63) is 94.6 Å². The first-order valence-corrected chi connectivity index (χ1v) is 28.9. The Bertz CT molecular complexity index is 3070. The quantitative estimate of drug-likeness (QED) is 0.0549. The van der Waals surface area contributed by atoms with E-state index in [4.69, 9.17) is 17.0 Å². The van der Waals surface area contributed by atoms with Gasteiger partial charge in [0.15, 0.2) is 5.11 Å². The molecule has 0 radical (unpaired) electrons. The van der Waals surface area contributed by atoms with Crippen molar-refractivity contribution in [1.82, 2.24) is 35.6 Å². The first-order chi connectivity index (χ1) is 38.8. The largest absolute Gasteiger partial charge is 0.492 e. The third kappa shape index (κ3) is 15.2. The monoisotopic (exact) mass is 1190 g/mol. The number of aryl methyl sites for hydroxylation is 1. The third-order valence-corrected chi connectivity index (χ3v) is 16.4. The van der Waals surface area contributed by atoms with Crippen molar-refractivity contribution in [2.75, 3.05) is 50.1 Å². The Morgan fingerprint density at radius 1 is 0.928 bits per heavy atom. The number of β-amino-alcohol motifs (C(OH)–C–C–N with tert-alkyl or cyclic N) is 1. The first-order valence-electron chi connectivity index (χ1n) is 27.7. The van der Waals surface area contributed by atoms with Gasteiger partial charge in [0, 0.05) is 32.1 Å². The molecule has 4 aromatic rings. The zero-order valence-corrected chi connectivity index (χ0v) is 51.0. The summed E-state index contributed by atoms with van der Waals surface area (Å²) in [6, 6.07) is 15.0. The molecule has 0 bridgehead atoms. The van der Waals surface area contributed by atoms with Crippen LogP contribution in [0.25, 0.3) is 10.4 Å². The number of aromatic nitrogens is 1. The highest BCUT2D eigenvalue weighted by atomic mass is 32.1. The number of nitrogens with one attached hydrogen (secondary N) is 3. The van der Waals surface area contributed by atoms with E-state index in [2.05, 4.69) is 20.9 Å². The number of benzene rings is 3. The van der Waals surface area contributed by atoms with Crippen molar-refractivity contribution >= 4 is 75.5 Å². The Labute approximate surface area is 493 Å². The highest BCUT2D eigenvalue weighted by molar-refractivity contribution is 7.81. The number of amides is 6. The molecule has 4 N–H and O–H groups in total. The molecule has 2 aliphatic rings. The van der Waals surface area contributed by atoms with Gasteiger partial charge < -0.3 is 40.5 Å². The second-order valence-electron chi connectivity index (χ2n) is 23.6. The van der Waals surface area contributed by atoms with Gasteiger partial charge >= 0.3 is 6.18 Å². The molecule has 83 heavy (non-hydrogen) atoms. The molecule has 2 aliphatic heterocycles. The van der Waals surface area contributed by atoms with Crippen LogP contribution in [0.4, 0.5) is 24.5 Å². The molecule has 3 aromatic carbocycles. The summed E-state index contributed by atoms with van der Waals surface area (Å²) < 4.78 is 47.5. The normalized spacial score (nSPS) is 17.8. The highest BCUT2D eigenvalue weighted by Crippen LogP contribution is 2.40. The third-order valence-electron chi connectivity index (χ3n) is 15.1. The number of halogens is 3. The zero-order valence-electron chi connectivity index (χ0n) is 49.4. The van der Waals surface area contributed by atoms with Crippen molar-refractivity contribution < 1.29 is 51.8 Å². The lowest BCUT2D eigenvalue weighted by molar-refractivity contribution is -0.144. The number of nitrogens with zero attached hydrogens (tertiary/aromatic N) is 7. The molecule has 23 heteroatoms. The predicted molar refractivity (Wildman–Crippen MR) is 316 cm³/mol. The molecule has 3 heterocycles. The standard InChI is InChI=1S/C60H77F3N10O8S2/c1-34(2)48(54(78)70(13)27-28-81-44-24-22-41(23-25-44)73-57(82)72(56(80)59(73,10)11)42-21-20-40(31-64)45(29-42)60(61,62)63)68-53(77)49(35(3)4)69(12)26-14-15-47(75)67-51(58(7,8)9)55(79)71-32-43(74)30-46(71)52(76)66-36(5)38-16-18-39(19-17-38)50-37(6)65-33-83-50/h16-25,29,33-36,43,46,48-49,51,74H,14-15,26-28,30,32H2,1-13H3,(H,66,76)(H,67,75)(H,68,77)/t36?,43-,46+,48?,49?,51?/m1/s1. The molecule has 1 aromatic heterocycles. The second-order valence-corrected chi connectivity index (χ2v) is 24.9. The zero-order chi connectivity index (χ0) is 61.6. The fraction of sp³-hybridized carbons (Fsp3) is 0.517. The molecule has 0 aliphatic carbocycles. The molecule has 0 saturated carbocycles. The second kappa shape index (κ2) is 26.7. The SMILES string of the molecule is Cc1ncsc1-c1ccc(C(C)NC(=O)[C@@H]2C[C@@H](O)CN2C(=O)C(NC(=O)CCCN(C)C(C(=O)NC(C(=O)N(C)CCOc2ccc(N3C(=S)N(c4ccc(C#N)c(C(F)(F)F)c4)C(=O)C3(C)C)cc2)C(C)C)C(C)C)C(C)(C)C)cc1. The highest BCUT2D eigenvalue weighted by Gasteiger charge is 2.51. The van der Waals surface area contributed by atoms with E-state index in [9.17, 15) is 52.3 Å². The fourth-order valence-corrected chi connectivity index (χ4v) is 11.8. The van der Waals surface area contributed by atoms with Gasteiger partial charge in [-0.05, 0) is 131 Å². The fourth-order valence-electron chi connectivity index (χ4n) is 10.4. The van der Waals surface area contributed by atoms with Crippen molar-refractivity contribution in [2.45, 2.75) is 143 Å². The molecule has 4 unspecified atom stereocenters. The predicted octanol–water partition coefficient (Wildman–Crippen LogP) is 8.01. The molecule has 2 saturated heterocycles. The van der Waals surface area contributed by atoms with Gasteiger partial charge in [-0.15, -0.1) is 11.3 Å². The molecule has 6 rings (SSSR count). The van der Waals surface area contributed by atoms with Gasteiger partial charge in [-0.3, -0.25) is 38.6 Å². The van der Waals surface area contributed by atoms with Crippen molar-refractivity contribution in [3.63, 3.8) is 0 Å². The number of alkyl halides is 3. The smallest absolute Gasteiger partial charge is 0.417 e. The first kappa shape index (κ1) is 65.2. The van der Waals surface area contributed by atoms with Gasteiger partial charge in [-0.1, -0.05) is 72.7 Å². The minimum Gasteiger partial charge on any atom is -0.492 e. The lowest BCUT2D eigenvalue weighted by Gasteiger charge is -2.35. The number of thiazole rings is 1. The van der Waals surface area contributed by atoms with E-state index in [1.165, 1.54) is 20.8 Å². The Morgan fingerprint density at radius 2 is 1.57 bits per heavy atom. The summed E-state index contributed by atoms with van der Waals surface area (Å²) >= 11 is 7.21. The summed E-state index contributed by atoms with van der Waals surface area (Å²) in [6.45, 7) is 20.4. The summed E-state index contributed by atoms with van der Waals surface area (Å²) in [6.07, 6.45) is -5.37. The number of aliphatic hydroxyl groups is 1. The van der Waals surface area contributed by atoms with Gasteiger partial charge in [0.1, 0.15) is 36.0 Å². The maximum absolute atomic E-state index is 14.3. The van der Waals surface area contributed by atoms with Crippen LogP contribution in [0.2, 0.25) is 0 Å². The van der Waals surface area contributed by atoms with Gasteiger partial charge in [-0.2, -0.15) is 18.4 Å². The summed E-state index contributed by atoms with van der Waals surface area (Å²) in [5.41, 5.74) is 1.13. The van der Waals surface area contributed by atoms with Gasteiger partial charge in [0.2, 0.25) is 29.5 Å². The number of hydrogen-bond donors (Lipinski definition) is 4. The Morgan fingerprint density at radius 3 is 2.13 bits per heavy atom. The van der Waals surface area contributed by atoms with E-state index in [-0.39, 0.29) is 67.0 Å². The number of anilines is 2. The average Bonchev–Trinajstić information content (AvgIpc) is 4.31. The number of thiocarbonyl (C=S) groups is 1. The number of likely N-dealkylation sites (N-methyl/N-ethyl adjacent to an activating group) is 2. The Kier molecular flexibility index (Phi) is 21.0. The number of hydrogen-bond acceptors (Lipinski definition) is 13. The Hall–Kier alpha value is -7.00. The van der Waals surface area contributed by atoms with Crippen molar-refractivity contribution in [3.8, 4) is 22.3 Å². The summed E-state index contributed by atoms with van der Waals surface area (Å²) in [5, 5.41) is 28.9. The minimum absolute atomic E-state index is 0.0231. The van der Waals surface area contributed by atoms with E-state index in [0.29, 0.717) is 24.4 Å². The molecule has 18 nitrogen and oxygen atoms in total. The van der Waals surface area contributed by atoms with Crippen LogP contribution in [0.3, 0.4) is 0 Å². The molecule has 6 atom stereocenters. The van der Waals surface area contributed by atoms with Gasteiger partial charge in [0.05, 0.1) is 63.7 Å². The number of rotatable bonds is 22. The van der Waals surface area contributed by atoms with Crippen LogP contribution in [0, 0.1) is 35.5 Å². The van der Waals surface area contributed by atoms with Crippen LogP contribution in [0.5, 0.6) is 5.75 Å². The van der Waals surface area contributed by atoms with Crippen LogP contribution in [0.1, 0.15) is 117 Å². The molecule has 0 spiro atoms. The summed E-state index contributed by atoms with van der Waals surface area (Å²) in [7, 11) is 3.38. The Balaban J connectivity index is 0.990. The van der Waals surface area contributed by atoms with E-state index in [1.807, 2.05) is 91.5 Å². The molecule has 2 fully saturated rings. The van der Waals surface area contributed by atoms with Gasteiger partial charge in [-0.25, -0.2) is 4.98 Å². The lowest BCUT2D eigenvalue weighted by Crippen LogP contribution is -2.58. The van der Waals surface area contributed by atoms with Crippen LogP contribution in [-0.4, -0.2) is 141 Å². The van der Waals surface area contributed by atoms with E-state index in [1.54, 1.807) is 75.1 Å². The maximum atomic E-state index is 14.3. The van der Waals surface area contributed by atoms with E-state index in [0.717, 1.165) is 38.7 Å². The molecular formula is C60H77F3N10O8S2. The maximum Gasteiger partial charge on any atom is 0.417 e.